The number of carbonyl (C=O) groups excluding carboxylic acids is 1. The molecule has 10 heavy (non-hydrogen) atoms. The van der Waals surface area contributed by atoms with E-state index in [4.69, 9.17) is 0 Å². The maximum atomic E-state index is 10.8. The van der Waals surface area contributed by atoms with E-state index in [2.05, 4.69) is 4.98 Å². The molecule has 0 fully saturated rings. The highest BCUT2D eigenvalue weighted by molar-refractivity contribution is 5.90. The molecule has 0 aliphatic carbocycles. The van der Waals surface area contributed by atoms with Gasteiger partial charge >= 0.3 is 0 Å². The minimum atomic E-state index is 0.0413. The number of hydrogen-bond donors (Lipinski definition) is 1. The van der Waals surface area contributed by atoms with Crippen molar-refractivity contribution >= 4 is 11.6 Å². The largest absolute Gasteiger partial charge is 0.366 e. The SMILES string of the molecule is CC(=O)N(C)c1cc[nH]c1. The van der Waals surface area contributed by atoms with Crippen LogP contribution in [-0.4, -0.2) is 17.9 Å². The predicted octanol–water partition coefficient (Wildman–Crippen LogP) is 0.997. The van der Waals surface area contributed by atoms with Crippen molar-refractivity contribution in [2.75, 3.05) is 11.9 Å². The van der Waals surface area contributed by atoms with Gasteiger partial charge in [0.25, 0.3) is 0 Å². The molecular weight excluding hydrogens is 128 g/mol. The smallest absolute Gasteiger partial charge is 0.223 e. The highest BCUT2D eigenvalue weighted by atomic mass is 16.2. The Balaban J connectivity index is 2.77. The summed E-state index contributed by atoms with van der Waals surface area (Å²) >= 11 is 0. The summed E-state index contributed by atoms with van der Waals surface area (Å²) in [5.41, 5.74) is 0.896. The van der Waals surface area contributed by atoms with Crippen LogP contribution in [0.5, 0.6) is 0 Å². The number of aromatic nitrogens is 1. The molecule has 0 spiro atoms. The second kappa shape index (κ2) is 2.56. The van der Waals surface area contributed by atoms with Gasteiger partial charge in [-0.15, -0.1) is 0 Å². The number of nitrogens with zero attached hydrogens (tertiary/aromatic N) is 1. The molecule has 0 aliphatic heterocycles. The van der Waals surface area contributed by atoms with Crippen molar-refractivity contribution in [3.8, 4) is 0 Å². The summed E-state index contributed by atoms with van der Waals surface area (Å²) in [4.78, 5) is 15.2. The number of carbonyl (C=O) groups is 1. The summed E-state index contributed by atoms with van der Waals surface area (Å²) in [7, 11) is 1.74. The number of H-pyrrole nitrogens is 1. The molecule has 3 heteroatoms. The lowest BCUT2D eigenvalue weighted by Crippen LogP contribution is -2.21. The molecular formula is C7H10N2O. The molecule has 0 atom stereocenters. The Hall–Kier alpha value is -1.25. The third-order valence-corrected chi connectivity index (χ3v) is 1.44. The lowest BCUT2D eigenvalue weighted by molar-refractivity contribution is -0.116. The lowest BCUT2D eigenvalue weighted by atomic mass is 10.4. The molecule has 0 unspecified atom stereocenters. The van der Waals surface area contributed by atoms with Crippen molar-refractivity contribution in [2.45, 2.75) is 6.92 Å². The summed E-state index contributed by atoms with van der Waals surface area (Å²) in [6.07, 6.45) is 3.57. The van der Waals surface area contributed by atoms with E-state index in [1.54, 1.807) is 24.3 Å². The summed E-state index contributed by atoms with van der Waals surface area (Å²) in [5.74, 6) is 0.0413. The molecule has 1 heterocycles. The Morgan fingerprint density at radius 1 is 1.70 bits per heavy atom. The topological polar surface area (TPSA) is 36.1 Å². The van der Waals surface area contributed by atoms with Crippen molar-refractivity contribution in [2.24, 2.45) is 0 Å². The van der Waals surface area contributed by atoms with E-state index in [1.165, 1.54) is 6.92 Å². The van der Waals surface area contributed by atoms with Gasteiger partial charge in [-0.1, -0.05) is 0 Å². The van der Waals surface area contributed by atoms with Crippen molar-refractivity contribution in [1.82, 2.24) is 4.98 Å². The van der Waals surface area contributed by atoms with E-state index in [-0.39, 0.29) is 5.91 Å². The number of nitrogens with one attached hydrogen (secondary N) is 1. The van der Waals surface area contributed by atoms with Gasteiger partial charge in [-0.3, -0.25) is 4.79 Å². The van der Waals surface area contributed by atoms with Gasteiger partial charge in [-0.2, -0.15) is 0 Å². The van der Waals surface area contributed by atoms with E-state index in [9.17, 15) is 4.79 Å². The third-order valence-electron chi connectivity index (χ3n) is 1.44. The van der Waals surface area contributed by atoms with Gasteiger partial charge in [0.1, 0.15) is 0 Å². The standard InChI is InChI=1S/C7H10N2O/c1-6(10)9(2)7-3-4-8-5-7/h3-5,8H,1-2H3. The Morgan fingerprint density at radius 3 is 2.80 bits per heavy atom. The van der Waals surface area contributed by atoms with Gasteiger partial charge in [-0.05, 0) is 6.07 Å². The quantitative estimate of drug-likeness (QED) is 0.617. The third kappa shape index (κ3) is 1.18. The van der Waals surface area contributed by atoms with E-state index in [0.717, 1.165) is 5.69 Å². The van der Waals surface area contributed by atoms with Crippen molar-refractivity contribution in [3.63, 3.8) is 0 Å². The van der Waals surface area contributed by atoms with Crippen molar-refractivity contribution in [3.05, 3.63) is 18.5 Å². The van der Waals surface area contributed by atoms with Gasteiger partial charge in [0.15, 0.2) is 0 Å². The van der Waals surface area contributed by atoms with E-state index >= 15 is 0 Å². The van der Waals surface area contributed by atoms with Crippen LogP contribution in [0.1, 0.15) is 6.92 Å². The summed E-state index contributed by atoms with van der Waals surface area (Å²) in [6, 6.07) is 1.85. The molecule has 0 radical (unpaired) electrons. The lowest BCUT2D eigenvalue weighted by Gasteiger charge is -2.10. The normalized spacial score (nSPS) is 9.40. The zero-order valence-electron chi connectivity index (χ0n) is 6.09. The van der Waals surface area contributed by atoms with Crippen LogP contribution >= 0.6 is 0 Å². The molecule has 0 saturated carbocycles. The first-order valence-electron chi connectivity index (χ1n) is 3.09. The minimum Gasteiger partial charge on any atom is -0.366 e. The van der Waals surface area contributed by atoms with E-state index in [0.29, 0.717) is 0 Å². The molecule has 0 saturated heterocycles. The molecule has 54 valence electrons. The molecule has 0 aliphatic rings. The Morgan fingerprint density at radius 2 is 2.40 bits per heavy atom. The number of aromatic amines is 1. The average Bonchev–Trinajstić information content (AvgIpc) is 2.36. The van der Waals surface area contributed by atoms with Gasteiger partial charge < -0.3 is 9.88 Å². The number of rotatable bonds is 1. The van der Waals surface area contributed by atoms with Gasteiger partial charge in [0.2, 0.25) is 5.91 Å². The monoisotopic (exact) mass is 138 g/mol. The fraction of sp³-hybridized carbons (Fsp3) is 0.286. The Bertz CT molecular complexity index is 216. The molecule has 0 bridgehead atoms. The van der Waals surface area contributed by atoms with E-state index < -0.39 is 0 Å². The minimum absolute atomic E-state index is 0.0413. The van der Waals surface area contributed by atoms with Gasteiger partial charge in [0, 0.05) is 26.4 Å². The van der Waals surface area contributed by atoms with Crippen LogP contribution in [0.4, 0.5) is 5.69 Å². The fourth-order valence-electron chi connectivity index (χ4n) is 0.706. The second-order valence-electron chi connectivity index (χ2n) is 2.15. The zero-order chi connectivity index (χ0) is 7.56. The van der Waals surface area contributed by atoms with Crippen LogP contribution in [0.25, 0.3) is 0 Å². The first-order valence-corrected chi connectivity index (χ1v) is 3.09. The van der Waals surface area contributed by atoms with Crippen LogP contribution in [0, 0.1) is 0 Å². The zero-order valence-corrected chi connectivity index (χ0v) is 6.09. The molecule has 1 aromatic heterocycles. The summed E-state index contributed by atoms with van der Waals surface area (Å²) in [5, 5.41) is 0. The Labute approximate surface area is 59.7 Å². The average molecular weight is 138 g/mol. The van der Waals surface area contributed by atoms with Gasteiger partial charge in [0.05, 0.1) is 5.69 Å². The van der Waals surface area contributed by atoms with Crippen LogP contribution in [0.15, 0.2) is 18.5 Å². The van der Waals surface area contributed by atoms with Crippen LogP contribution < -0.4 is 4.90 Å². The first kappa shape index (κ1) is 6.86. The number of amides is 1. The molecule has 0 aromatic carbocycles. The highest BCUT2D eigenvalue weighted by Crippen LogP contribution is 2.09. The Kier molecular flexibility index (Phi) is 1.76. The van der Waals surface area contributed by atoms with E-state index in [1.807, 2.05) is 6.07 Å². The summed E-state index contributed by atoms with van der Waals surface area (Å²) in [6.45, 7) is 1.53. The molecule has 1 aromatic rings. The van der Waals surface area contributed by atoms with Crippen LogP contribution in [-0.2, 0) is 4.79 Å². The van der Waals surface area contributed by atoms with Crippen molar-refractivity contribution in [1.29, 1.82) is 0 Å². The molecule has 1 N–H and O–H groups in total. The fourth-order valence-corrected chi connectivity index (χ4v) is 0.706. The maximum Gasteiger partial charge on any atom is 0.223 e. The summed E-state index contributed by atoms with van der Waals surface area (Å²) < 4.78 is 0. The number of anilines is 1. The predicted molar refractivity (Wildman–Crippen MR) is 39.9 cm³/mol. The maximum absolute atomic E-state index is 10.8. The molecule has 1 amide bonds. The van der Waals surface area contributed by atoms with Crippen molar-refractivity contribution < 1.29 is 4.79 Å². The van der Waals surface area contributed by atoms with Gasteiger partial charge in [-0.25, -0.2) is 0 Å². The number of hydrogen-bond acceptors (Lipinski definition) is 1. The van der Waals surface area contributed by atoms with Crippen LogP contribution in [0.2, 0.25) is 0 Å². The van der Waals surface area contributed by atoms with Crippen LogP contribution in [0.3, 0.4) is 0 Å². The molecule has 1 rings (SSSR count). The first-order chi connectivity index (χ1) is 4.72. The molecule has 3 nitrogen and oxygen atoms in total. The second-order valence-corrected chi connectivity index (χ2v) is 2.15. The highest BCUT2D eigenvalue weighted by Gasteiger charge is 2.03.